The molecule has 0 aliphatic heterocycles. The normalized spacial score (nSPS) is 11.8. The molecule has 0 saturated heterocycles. The van der Waals surface area contributed by atoms with Gasteiger partial charge in [0.25, 0.3) is 0 Å². The number of hydrogen-bond donors (Lipinski definition) is 1. The topological polar surface area (TPSA) is 38.4 Å². The van der Waals surface area contributed by atoms with Crippen LogP contribution in [-0.2, 0) is 0 Å². The molecule has 26 heavy (non-hydrogen) atoms. The Kier molecular flexibility index (Phi) is 5.68. The third-order valence-electron chi connectivity index (χ3n) is 3.83. The number of hydrogen-bond acceptors (Lipinski definition) is 2. The molecule has 0 bridgehead atoms. The van der Waals surface area contributed by atoms with E-state index in [4.69, 9.17) is 5.73 Å². The lowest BCUT2D eigenvalue weighted by Gasteiger charge is -2.17. The molecule has 0 heterocycles. The lowest BCUT2D eigenvalue weighted by atomic mass is 10.0. The van der Waals surface area contributed by atoms with E-state index in [2.05, 4.69) is 4.99 Å². The quantitative estimate of drug-likeness (QED) is 0.471. The smallest absolute Gasteiger partial charge is 0.160 e. The summed E-state index contributed by atoms with van der Waals surface area (Å²) in [5.41, 5.74) is 9.75. The molecule has 3 aromatic carbocycles. The van der Waals surface area contributed by atoms with Crippen molar-refractivity contribution in [2.45, 2.75) is 12.2 Å². The molecule has 2 nitrogen and oxygen atoms in total. The molecule has 0 aliphatic carbocycles. The van der Waals surface area contributed by atoms with Crippen LogP contribution in [0.15, 0.2) is 77.8 Å². The first-order chi connectivity index (χ1) is 12.5. The van der Waals surface area contributed by atoms with Crippen LogP contribution in [0.1, 0.15) is 21.9 Å². The number of amidine groups is 1. The van der Waals surface area contributed by atoms with Crippen LogP contribution in [0.5, 0.6) is 0 Å². The van der Waals surface area contributed by atoms with Crippen LogP contribution in [0.4, 0.5) is 14.5 Å². The van der Waals surface area contributed by atoms with E-state index in [0.29, 0.717) is 5.17 Å². The molecule has 0 radical (unpaired) electrons. The first-order valence-electron chi connectivity index (χ1n) is 8.10. The van der Waals surface area contributed by atoms with Crippen LogP contribution in [0.3, 0.4) is 0 Å². The molecular weight excluding hydrogens is 350 g/mol. The zero-order chi connectivity index (χ0) is 18.5. The third-order valence-corrected chi connectivity index (χ3v) is 4.94. The van der Waals surface area contributed by atoms with E-state index >= 15 is 0 Å². The van der Waals surface area contributed by atoms with Crippen LogP contribution in [0.2, 0.25) is 0 Å². The molecule has 2 N–H and O–H groups in total. The Balaban J connectivity index is 1.92. The summed E-state index contributed by atoms with van der Waals surface area (Å²) in [6.45, 7) is 1.99. The summed E-state index contributed by atoms with van der Waals surface area (Å²) in [6.07, 6.45) is 0. The van der Waals surface area contributed by atoms with Crippen LogP contribution in [-0.4, -0.2) is 5.17 Å². The van der Waals surface area contributed by atoms with Gasteiger partial charge in [-0.15, -0.1) is 0 Å². The fraction of sp³-hybridized carbons (Fsp3) is 0.0952. The van der Waals surface area contributed by atoms with E-state index in [9.17, 15) is 8.78 Å². The van der Waals surface area contributed by atoms with Crippen LogP contribution >= 0.6 is 11.8 Å². The lowest BCUT2D eigenvalue weighted by molar-refractivity contribution is 0.626. The predicted octanol–water partition coefficient (Wildman–Crippen LogP) is 5.74. The Morgan fingerprint density at radius 3 is 1.92 bits per heavy atom. The molecular formula is C21H18F2N2S. The van der Waals surface area contributed by atoms with Crippen molar-refractivity contribution in [2.24, 2.45) is 10.7 Å². The van der Waals surface area contributed by atoms with Gasteiger partial charge in [-0.3, -0.25) is 0 Å². The summed E-state index contributed by atoms with van der Waals surface area (Å²) in [4.78, 5) is 4.46. The first kappa shape index (κ1) is 18.1. The zero-order valence-electron chi connectivity index (χ0n) is 14.2. The SMILES string of the molecule is Cc1cccc(N=C(N)SC(c2ccc(F)cc2)c2ccc(F)cc2)c1. The number of benzene rings is 3. The summed E-state index contributed by atoms with van der Waals surface area (Å²) in [5.74, 6) is -0.615. The summed E-state index contributed by atoms with van der Waals surface area (Å²) in [7, 11) is 0. The standard InChI is InChI=1S/C21H18F2N2S/c1-14-3-2-4-19(13-14)25-21(24)26-20(15-5-9-17(22)10-6-15)16-7-11-18(23)12-8-16/h2-13,20H,1H3,(H2,24,25). The van der Waals surface area contributed by atoms with Gasteiger partial charge in [-0.1, -0.05) is 48.2 Å². The van der Waals surface area contributed by atoms with Gasteiger partial charge in [0.2, 0.25) is 0 Å². The minimum Gasteiger partial charge on any atom is -0.378 e. The molecule has 0 spiro atoms. The van der Waals surface area contributed by atoms with Gasteiger partial charge in [-0.2, -0.15) is 0 Å². The zero-order valence-corrected chi connectivity index (χ0v) is 15.0. The summed E-state index contributed by atoms with van der Waals surface area (Å²) in [6, 6.07) is 20.2. The van der Waals surface area contributed by atoms with Gasteiger partial charge in [0.1, 0.15) is 11.6 Å². The highest BCUT2D eigenvalue weighted by atomic mass is 32.2. The van der Waals surface area contributed by atoms with Crippen molar-refractivity contribution in [3.8, 4) is 0 Å². The molecule has 0 amide bonds. The highest BCUT2D eigenvalue weighted by Crippen LogP contribution is 2.36. The van der Waals surface area contributed by atoms with Crippen LogP contribution in [0.25, 0.3) is 0 Å². The highest BCUT2D eigenvalue weighted by molar-refractivity contribution is 8.14. The second-order valence-electron chi connectivity index (χ2n) is 5.89. The van der Waals surface area contributed by atoms with E-state index in [0.717, 1.165) is 22.4 Å². The fourth-order valence-electron chi connectivity index (χ4n) is 2.58. The average Bonchev–Trinajstić information content (AvgIpc) is 2.61. The number of thioether (sulfide) groups is 1. The Bertz CT molecular complexity index is 861. The Morgan fingerprint density at radius 1 is 0.885 bits per heavy atom. The minimum atomic E-state index is -0.307. The van der Waals surface area contributed by atoms with Crippen LogP contribution in [0, 0.1) is 18.6 Å². The van der Waals surface area contributed by atoms with Crippen molar-refractivity contribution in [3.63, 3.8) is 0 Å². The minimum absolute atomic E-state index is 0.218. The Morgan fingerprint density at radius 2 is 1.42 bits per heavy atom. The van der Waals surface area contributed by atoms with Gasteiger partial charge < -0.3 is 5.73 Å². The molecule has 0 unspecified atom stereocenters. The van der Waals surface area contributed by atoms with E-state index in [-0.39, 0.29) is 16.9 Å². The Labute approximate surface area is 155 Å². The predicted molar refractivity (Wildman–Crippen MR) is 105 cm³/mol. The second kappa shape index (κ2) is 8.15. The van der Waals surface area contributed by atoms with E-state index in [1.54, 1.807) is 24.3 Å². The van der Waals surface area contributed by atoms with E-state index in [1.807, 2.05) is 31.2 Å². The molecule has 0 atom stereocenters. The number of aliphatic imine (C=N–C) groups is 1. The average molecular weight is 368 g/mol. The number of nitrogens with two attached hydrogens (primary N) is 1. The van der Waals surface area contributed by atoms with Crippen molar-refractivity contribution < 1.29 is 8.78 Å². The molecule has 132 valence electrons. The molecule has 0 aromatic heterocycles. The van der Waals surface area contributed by atoms with E-state index in [1.165, 1.54) is 36.0 Å². The molecule has 3 rings (SSSR count). The van der Waals surface area contributed by atoms with Gasteiger partial charge in [0, 0.05) is 0 Å². The lowest BCUT2D eigenvalue weighted by Crippen LogP contribution is -2.10. The number of rotatable bonds is 4. The fourth-order valence-corrected chi connectivity index (χ4v) is 3.56. The number of halogens is 2. The monoisotopic (exact) mass is 368 g/mol. The summed E-state index contributed by atoms with van der Waals surface area (Å²) in [5, 5.41) is 0.166. The van der Waals surface area contributed by atoms with Gasteiger partial charge in [0.05, 0.1) is 10.9 Å². The van der Waals surface area contributed by atoms with Gasteiger partial charge in [-0.25, -0.2) is 13.8 Å². The summed E-state index contributed by atoms with van der Waals surface area (Å²) >= 11 is 1.35. The van der Waals surface area contributed by atoms with Crippen molar-refractivity contribution in [2.75, 3.05) is 0 Å². The van der Waals surface area contributed by atoms with Gasteiger partial charge in [0.15, 0.2) is 5.17 Å². The Hall–Kier alpha value is -2.66. The van der Waals surface area contributed by atoms with Crippen LogP contribution < -0.4 is 5.73 Å². The van der Waals surface area contributed by atoms with Crippen molar-refractivity contribution in [1.29, 1.82) is 0 Å². The van der Waals surface area contributed by atoms with Crippen molar-refractivity contribution >= 4 is 22.6 Å². The number of nitrogens with zero attached hydrogens (tertiary/aromatic N) is 1. The first-order valence-corrected chi connectivity index (χ1v) is 8.97. The highest BCUT2D eigenvalue weighted by Gasteiger charge is 2.17. The maximum atomic E-state index is 13.3. The van der Waals surface area contributed by atoms with Crippen molar-refractivity contribution in [3.05, 3.63) is 101 Å². The third kappa shape index (κ3) is 4.70. The maximum Gasteiger partial charge on any atom is 0.160 e. The van der Waals surface area contributed by atoms with Gasteiger partial charge in [-0.05, 0) is 60.0 Å². The van der Waals surface area contributed by atoms with Gasteiger partial charge >= 0.3 is 0 Å². The summed E-state index contributed by atoms with van der Waals surface area (Å²) < 4.78 is 26.6. The molecule has 3 aromatic rings. The maximum absolute atomic E-state index is 13.3. The molecule has 0 fully saturated rings. The largest absolute Gasteiger partial charge is 0.378 e. The molecule has 0 saturated carbocycles. The van der Waals surface area contributed by atoms with Crippen molar-refractivity contribution in [1.82, 2.24) is 0 Å². The molecule has 0 aliphatic rings. The number of aryl methyl sites for hydroxylation is 1. The second-order valence-corrected chi connectivity index (χ2v) is 7.02. The molecule has 5 heteroatoms. The van der Waals surface area contributed by atoms with E-state index < -0.39 is 0 Å².